The Balaban J connectivity index is 0.00000108. The van der Waals surface area contributed by atoms with Crippen molar-refractivity contribution in [3.05, 3.63) is 64.5 Å². The Hall–Kier alpha value is -0.387. The van der Waals surface area contributed by atoms with Crippen LogP contribution in [0.5, 0.6) is 0 Å². The van der Waals surface area contributed by atoms with Crippen LogP contribution in [0, 0.1) is 0 Å². The summed E-state index contributed by atoms with van der Waals surface area (Å²) in [5.74, 6) is 0. The van der Waals surface area contributed by atoms with Crippen molar-refractivity contribution in [3.63, 3.8) is 0 Å². The molecule has 0 saturated heterocycles. The minimum Gasteiger partial charge on any atom is -0.147 e. The van der Waals surface area contributed by atoms with Crippen LogP contribution in [0.1, 0.15) is 19.3 Å². The molecule has 2 heteroatoms. The van der Waals surface area contributed by atoms with Crippen molar-refractivity contribution in [2.75, 3.05) is 0 Å². The molecule has 0 amide bonds. The summed E-state index contributed by atoms with van der Waals surface area (Å²) in [6, 6.07) is 0. The molecule has 3 aliphatic carbocycles. The van der Waals surface area contributed by atoms with Crippen LogP contribution >= 0.6 is 12.4 Å². The first kappa shape index (κ1) is 13.1. The smallest absolute Gasteiger partial charge is 0.147 e. The molecule has 0 radical (unpaired) electrons. The zero-order valence-electron chi connectivity index (χ0n) is 9.73. The van der Waals surface area contributed by atoms with Gasteiger partial charge in [-0.05, 0) is 0 Å². The van der Waals surface area contributed by atoms with E-state index in [-0.39, 0.29) is 12.4 Å². The maximum absolute atomic E-state index is 2.38. The van der Waals surface area contributed by atoms with Crippen LogP contribution in [0.4, 0.5) is 0 Å². The van der Waals surface area contributed by atoms with Gasteiger partial charge in [-0.1, -0.05) is 0 Å². The van der Waals surface area contributed by atoms with Gasteiger partial charge in [0.2, 0.25) is 0 Å². The van der Waals surface area contributed by atoms with E-state index in [0.717, 1.165) is 0 Å². The second-order valence-electron chi connectivity index (χ2n) is 4.35. The van der Waals surface area contributed by atoms with E-state index in [1.807, 2.05) is 0 Å². The molecule has 0 aromatic rings. The number of allylic oxidation sites excluding steroid dienone is 12. The maximum Gasteiger partial charge on any atom is -0.147 e. The van der Waals surface area contributed by atoms with Crippen LogP contribution in [0.2, 0.25) is 0 Å². The van der Waals surface area contributed by atoms with Crippen LogP contribution in [0.3, 0.4) is 0 Å². The van der Waals surface area contributed by atoms with Crippen LogP contribution in [-0.4, -0.2) is 0 Å². The van der Waals surface area contributed by atoms with Gasteiger partial charge in [0.1, 0.15) is 0 Å². The molecular formula is C15H16ClZr. The summed E-state index contributed by atoms with van der Waals surface area (Å²) in [7, 11) is 0. The van der Waals surface area contributed by atoms with Crippen LogP contribution in [0.15, 0.2) is 64.5 Å². The van der Waals surface area contributed by atoms with Crippen molar-refractivity contribution < 1.29 is 21.8 Å². The molecule has 0 atom stereocenters. The Kier molecular flexibility index (Phi) is 4.59. The van der Waals surface area contributed by atoms with E-state index in [0.29, 0.717) is 0 Å². The number of rotatable bonds is 3. The molecule has 0 spiro atoms. The second-order valence-corrected chi connectivity index (χ2v) is 10.9. The van der Waals surface area contributed by atoms with E-state index in [2.05, 4.69) is 54.7 Å². The molecule has 0 aliphatic heterocycles. The Morgan fingerprint density at radius 1 is 0.647 bits per heavy atom. The molecule has 0 fully saturated rings. The molecule has 3 rings (SSSR count). The number of hydrogen-bond donors (Lipinski definition) is 0. The van der Waals surface area contributed by atoms with Crippen LogP contribution in [0.25, 0.3) is 0 Å². The topological polar surface area (TPSA) is 0 Å². The zero-order chi connectivity index (χ0) is 10.8. The van der Waals surface area contributed by atoms with Gasteiger partial charge in [0.05, 0.1) is 0 Å². The van der Waals surface area contributed by atoms with E-state index in [1.165, 1.54) is 19.3 Å². The third-order valence-corrected chi connectivity index (χ3v) is 10.7. The van der Waals surface area contributed by atoms with Crippen LogP contribution < -0.4 is 0 Å². The van der Waals surface area contributed by atoms with Crippen molar-refractivity contribution in [1.82, 2.24) is 0 Å². The van der Waals surface area contributed by atoms with Gasteiger partial charge in [0.15, 0.2) is 0 Å². The molecule has 0 N–H and O–H groups in total. The zero-order valence-corrected chi connectivity index (χ0v) is 13.0. The van der Waals surface area contributed by atoms with Crippen molar-refractivity contribution in [2.45, 2.75) is 19.3 Å². The van der Waals surface area contributed by atoms with Crippen molar-refractivity contribution in [3.8, 4) is 0 Å². The Labute approximate surface area is 117 Å². The van der Waals surface area contributed by atoms with Gasteiger partial charge in [-0.2, -0.15) is 0 Å². The molecule has 0 aromatic heterocycles. The van der Waals surface area contributed by atoms with E-state index in [4.69, 9.17) is 0 Å². The first-order valence-corrected chi connectivity index (χ1v) is 9.59. The van der Waals surface area contributed by atoms with Gasteiger partial charge in [-0.3, -0.25) is 0 Å². The molecule has 17 heavy (non-hydrogen) atoms. The summed E-state index contributed by atoms with van der Waals surface area (Å²) >= 11 is -1.64. The average molecular weight is 323 g/mol. The molecular weight excluding hydrogens is 307 g/mol. The number of hydrogen-bond acceptors (Lipinski definition) is 0. The fourth-order valence-corrected chi connectivity index (χ4v) is 9.87. The summed E-state index contributed by atoms with van der Waals surface area (Å²) in [5, 5.41) is 0. The summed E-state index contributed by atoms with van der Waals surface area (Å²) in [6.45, 7) is 0. The van der Waals surface area contributed by atoms with E-state index in [9.17, 15) is 0 Å². The predicted octanol–water partition coefficient (Wildman–Crippen LogP) is 4.56. The van der Waals surface area contributed by atoms with E-state index >= 15 is 0 Å². The Bertz CT molecular complexity index is 404. The van der Waals surface area contributed by atoms with Crippen LogP contribution in [-0.2, 0) is 21.8 Å². The normalized spacial score (nSPS) is 20.1. The summed E-state index contributed by atoms with van der Waals surface area (Å²) in [6.07, 6.45) is 24.4. The summed E-state index contributed by atoms with van der Waals surface area (Å²) < 4.78 is 5.27. The van der Waals surface area contributed by atoms with E-state index < -0.39 is 21.8 Å². The third-order valence-electron chi connectivity index (χ3n) is 3.28. The first-order valence-electron chi connectivity index (χ1n) is 5.90. The largest absolute Gasteiger partial charge is 0.147 e. The standard InChI is InChI=1S/3C5H5.ClH.Zr/c3*1-2-4-5-3-1;;/h3*1-3H,4H2;1H;. The monoisotopic (exact) mass is 321 g/mol. The van der Waals surface area contributed by atoms with Crippen molar-refractivity contribution in [2.24, 2.45) is 0 Å². The van der Waals surface area contributed by atoms with Gasteiger partial charge in [-0.15, -0.1) is 12.4 Å². The molecule has 3 aliphatic rings. The molecule has 0 heterocycles. The Morgan fingerprint density at radius 3 is 1.24 bits per heavy atom. The number of halogens is 1. The first-order chi connectivity index (χ1) is 7.95. The molecule has 0 aromatic carbocycles. The van der Waals surface area contributed by atoms with E-state index in [1.54, 1.807) is 9.84 Å². The van der Waals surface area contributed by atoms with Crippen molar-refractivity contribution >= 4 is 12.4 Å². The van der Waals surface area contributed by atoms with Gasteiger partial charge in [0, 0.05) is 0 Å². The second kappa shape index (κ2) is 5.98. The predicted molar refractivity (Wildman–Crippen MR) is 72.8 cm³/mol. The SMILES string of the molecule is C1=CC[C]([Zr]([C]2=CC=CC2)[C]2=CC=CC2)=C1.Cl. The summed E-state index contributed by atoms with van der Waals surface area (Å²) in [4.78, 5) is 0. The van der Waals surface area contributed by atoms with Gasteiger partial charge < -0.3 is 0 Å². The molecule has 0 bridgehead atoms. The molecule has 0 unspecified atom stereocenters. The fraction of sp³-hybridized carbons (Fsp3) is 0.200. The molecule has 87 valence electrons. The van der Waals surface area contributed by atoms with Crippen molar-refractivity contribution in [1.29, 1.82) is 0 Å². The molecule has 0 nitrogen and oxygen atoms in total. The quantitative estimate of drug-likeness (QED) is 0.714. The minimum atomic E-state index is -1.64. The van der Waals surface area contributed by atoms with Gasteiger partial charge >= 0.3 is 106 Å². The van der Waals surface area contributed by atoms with Gasteiger partial charge in [-0.25, -0.2) is 0 Å². The maximum atomic E-state index is 2.38. The average Bonchev–Trinajstić information content (AvgIpc) is 3.02. The van der Waals surface area contributed by atoms with Gasteiger partial charge in [0.25, 0.3) is 0 Å². The molecule has 0 saturated carbocycles. The minimum absolute atomic E-state index is 0. The third kappa shape index (κ3) is 2.72. The Morgan fingerprint density at radius 2 is 1.00 bits per heavy atom. The fourth-order valence-electron chi connectivity index (χ4n) is 2.52. The summed E-state index contributed by atoms with van der Waals surface area (Å²) in [5.41, 5.74) is 0.